The van der Waals surface area contributed by atoms with E-state index in [1.807, 2.05) is 60.7 Å². The Bertz CT molecular complexity index is 947. The quantitative estimate of drug-likeness (QED) is 0.429. The van der Waals surface area contributed by atoms with Crippen molar-refractivity contribution in [3.05, 3.63) is 102 Å². The van der Waals surface area contributed by atoms with E-state index < -0.39 is 0 Å². The minimum Gasteiger partial charge on any atom is -0.507 e. The van der Waals surface area contributed by atoms with Crippen LogP contribution < -0.4 is 9.47 Å². The first-order valence-corrected chi connectivity index (χ1v) is 9.05. The number of hydrogen-bond acceptors (Lipinski definition) is 4. The molecular weight excluding hydrogens is 352 g/mol. The first-order chi connectivity index (χ1) is 13.7. The predicted octanol–water partition coefficient (Wildman–Crippen LogP) is 5.31. The van der Waals surface area contributed by atoms with Gasteiger partial charge in [-0.15, -0.1) is 0 Å². The maximum Gasteiger partial charge on any atom is 0.192 e. The number of carbonyl (C=O) groups excluding carboxylic acids is 1. The van der Waals surface area contributed by atoms with E-state index in [1.54, 1.807) is 19.1 Å². The second-order valence-electron chi connectivity index (χ2n) is 6.23. The SMILES string of the molecule is CC=CC(=O)c1c(O)cc(OCc2ccccc2)cc1OCc1ccccc1. The summed E-state index contributed by atoms with van der Waals surface area (Å²) in [5.74, 6) is 0.228. The molecule has 0 aromatic heterocycles. The maximum absolute atomic E-state index is 12.4. The summed E-state index contributed by atoms with van der Waals surface area (Å²) in [4.78, 5) is 12.4. The number of rotatable bonds is 8. The van der Waals surface area contributed by atoms with E-state index in [0.717, 1.165) is 11.1 Å². The van der Waals surface area contributed by atoms with Crippen molar-refractivity contribution in [3.8, 4) is 17.2 Å². The minimum absolute atomic E-state index is 0.126. The minimum atomic E-state index is -0.322. The van der Waals surface area contributed by atoms with Crippen LogP contribution in [0.15, 0.2) is 84.9 Å². The molecule has 0 bridgehead atoms. The third kappa shape index (κ3) is 5.01. The molecule has 142 valence electrons. The zero-order valence-electron chi connectivity index (χ0n) is 15.7. The summed E-state index contributed by atoms with van der Waals surface area (Å²) in [6.45, 7) is 2.37. The van der Waals surface area contributed by atoms with Gasteiger partial charge in [-0.25, -0.2) is 0 Å². The molecular formula is C24H22O4. The molecule has 0 amide bonds. The first-order valence-electron chi connectivity index (χ1n) is 9.05. The molecule has 3 aromatic rings. The van der Waals surface area contributed by atoms with Crippen molar-refractivity contribution in [2.45, 2.75) is 20.1 Å². The molecule has 0 heterocycles. The molecule has 3 rings (SSSR count). The Labute approximate surface area is 164 Å². The van der Waals surface area contributed by atoms with Gasteiger partial charge in [-0.1, -0.05) is 66.7 Å². The number of carbonyl (C=O) groups is 1. The zero-order chi connectivity index (χ0) is 19.8. The summed E-state index contributed by atoms with van der Waals surface area (Å²) < 4.78 is 11.7. The lowest BCUT2D eigenvalue weighted by atomic mass is 10.1. The average molecular weight is 374 g/mol. The Kier molecular flexibility index (Phi) is 6.47. The van der Waals surface area contributed by atoms with Crippen LogP contribution in [0.4, 0.5) is 0 Å². The molecule has 28 heavy (non-hydrogen) atoms. The summed E-state index contributed by atoms with van der Waals surface area (Å²) in [5, 5.41) is 10.4. The summed E-state index contributed by atoms with van der Waals surface area (Å²) in [7, 11) is 0. The zero-order valence-corrected chi connectivity index (χ0v) is 15.7. The molecule has 0 radical (unpaired) electrons. The van der Waals surface area contributed by atoms with E-state index in [2.05, 4.69) is 0 Å². The highest BCUT2D eigenvalue weighted by Gasteiger charge is 2.18. The lowest BCUT2D eigenvalue weighted by molar-refractivity contribution is 0.103. The van der Waals surface area contributed by atoms with Gasteiger partial charge in [-0.2, -0.15) is 0 Å². The highest BCUT2D eigenvalue weighted by molar-refractivity contribution is 6.08. The van der Waals surface area contributed by atoms with Crippen molar-refractivity contribution in [2.24, 2.45) is 0 Å². The van der Waals surface area contributed by atoms with Crippen LogP contribution in [0.1, 0.15) is 28.4 Å². The number of benzene rings is 3. The van der Waals surface area contributed by atoms with Crippen LogP contribution in [0.3, 0.4) is 0 Å². The van der Waals surface area contributed by atoms with Crippen LogP contribution in [0.2, 0.25) is 0 Å². The van der Waals surface area contributed by atoms with Gasteiger partial charge < -0.3 is 14.6 Å². The molecule has 3 aromatic carbocycles. The number of hydrogen-bond donors (Lipinski definition) is 1. The molecule has 0 aliphatic carbocycles. The Morgan fingerprint density at radius 3 is 2.04 bits per heavy atom. The molecule has 0 fully saturated rings. The van der Waals surface area contributed by atoms with E-state index in [-0.39, 0.29) is 29.5 Å². The molecule has 0 saturated carbocycles. The highest BCUT2D eigenvalue weighted by Crippen LogP contribution is 2.35. The summed E-state index contributed by atoms with van der Waals surface area (Å²) in [6, 6.07) is 22.4. The van der Waals surface area contributed by atoms with Crippen LogP contribution in [0, 0.1) is 0 Å². The number of phenols is 1. The smallest absolute Gasteiger partial charge is 0.192 e. The van der Waals surface area contributed by atoms with Gasteiger partial charge in [-0.3, -0.25) is 4.79 Å². The van der Waals surface area contributed by atoms with Crippen molar-refractivity contribution >= 4 is 5.78 Å². The summed E-state index contributed by atoms with van der Waals surface area (Å²) in [5.41, 5.74) is 2.09. The molecule has 0 aliphatic heterocycles. The molecule has 0 spiro atoms. The fourth-order valence-electron chi connectivity index (χ4n) is 2.73. The van der Waals surface area contributed by atoms with Crippen molar-refractivity contribution in [2.75, 3.05) is 0 Å². The Hall–Kier alpha value is -3.53. The summed E-state index contributed by atoms with van der Waals surface area (Å²) >= 11 is 0. The number of allylic oxidation sites excluding steroid dienone is 2. The number of phenolic OH excluding ortho intramolecular Hbond substituents is 1. The van der Waals surface area contributed by atoms with Crippen LogP contribution in [0.5, 0.6) is 17.2 Å². The van der Waals surface area contributed by atoms with Gasteiger partial charge >= 0.3 is 0 Å². The molecule has 4 nitrogen and oxygen atoms in total. The van der Waals surface area contributed by atoms with Gasteiger partial charge in [0.1, 0.15) is 36.0 Å². The Morgan fingerprint density at radius 1 is 0.893 bits per heavy atom. The van der Waals surface area contributed by atoms with E-state index in [0.29, 0.717) is 12.4 Å². The van der Waals surface area contributed by atoms with Gasteiger partial charge in [0.25, 0.3) is 0 Å². The lowest BCUT2D eigenvalue weighted by Crippen LogP contribution is -2.04. The van der Waals surface area contributed by atoms with E-state index in [9.17, 15) is 9.90 Å². The lowest BCUT2D eigenvalue weighted by Gasteiger charge is -2.14. The van der Waals surface area contributed by atoms with E-state index >= 15 is 0 Å². The van der Waals surface area contributed by atoms with Crippen molar-refractivity contribution in [1.29, 1.82) is 0 Å². The van der Waals surface area contributed by atoms with Crippen molar-refractivity contribution in [3.63, 3.8) is 0 Å². The van der Waals surface area contributed by atoms with Gasteiger partial charge in [0, 0.05) is 12.1 Å². The van der Waals surface area contributed by atoms with Gasteiger partial charge in [0.15, 0.2) is 5.78 Å². The molecule has 0 unspecified atom stereocenters. The Morgan fingerprint density at radius 2 is 1.46 bits per heavy atom. The van der Waals surface area contributed by atoms with E-state index in [1.165, 1.54) is 12.1 Å². The third-order valence-electron chi connectivity index (χ3n) is 4.10. The average Bonchev–Trinajstić information content (AvgIpc) is 2.72. The van der Waals surface area contributed by atoms with Crippen LogP contribution in [-0.4, -0.2) is 10.9 Å². The molecule has 4 heteroatoms. The topological polar surface area (TPSA) is 55.8 Å². The first kappa shape index (κ1) is 19.2. The highest BCUT2D eigenvalue weighted by atomic mass is 16.5. The molecule has 0 atom stereocenters. The number of ether oxygens (including phenoxy) is 2. The second kappa shape index (κ2) is 9.42. The normalized spacial score (nSPS) is 10.8. The molecule has 0 saturated heterocycles. The van der Waals surface area contributed by atoms with Crippen LogP contribution in [0.25, 0.3) is 0 Å². The third-order valence-corrected chi connectivity index (χ3v) is 4.10. The maximum atomic E-state index is 12.4. The monoisotopic (exact) mass is 374 g/mol. The fourth-order valence-corrected chi connectivity index (χ4v) is 2.73. The van der Waals surface area contributed by atoms with Crippen LogP contribution in [-0.2, 0) is 13.2 Å². The largest absolute Gasteiger partial charge is 0.507 e. The number of aromatic hydroxyl groups is 1. The van der Waals surface area contributed by atoms with Gasteiger partial charge in [-0.05, 0) is 24.1 Å². The molecule has 0 aliphatic rings. The van der Waals surface area contributed by atoms with Crippen molar-refractivity contribution < 1.29 is 19.4 Å². The standard InChI is InChI=1S/C24H22O4/c1-2-9-21(25)24-22(26)14-20(27-16-18-10-5-3-6-11-18)15-23(24)28-17-19-12-7-4-8-13-19/h2-15,26H,16-17H2,1H3. The van der Waals surface area contributed by atoms with Gasteiger partial charge in [0.05, 0.1) is 0 Å². The number of ketones is 1. The van der Waals surface area contributed by atoms with Gasteiger partial charge in [0.2, 0.25) is 0 Å². The molecule has 1 N–H and O–H groups in total. The fraction of sp³-hybridized carbons (Fsp3) is 0.125. The van der Waals surface area contributed by atoms with Crippen LogP contribution >= 0.6 is 0 Å². The summed E-state index contributed by atoms with van der Waals surface area (Å²) in [6.07, 6.45) is 3.03. The van der Waals surface area contributed by atoms with Crippen molar-refractivity contribution in [1.82, 2.24) is 0 Å². The second-order valence-corrected chi connectivity index (χ2v) is 6.23. The predicted molar refractivity (Wildman–Crippen MR) is 109 cm³/mol. The van der Waals surface area contributed by atoms with E-state index in [4.69, 9.17) is 9.47 Å². The Balaban J connectivity index is 1.85.